The second-order valence-corrected chi connectivity index (χ2v) is 4.03. The first-order valence-electron chi connectivity index (χ1n) is 5.01. The van der Waals surface area contributed by atoms with Crippen molar-refractivity contribution in [1.82, 2.24) is 0 Å². The molecule has 0 aromatic heterocycles. The molecule has 1 rings (SSSR count). The summed E-state index contributed by atoms with van der Waals surface area (Å²) in [4.78, 5) is 0. The summed E-state index contributed by atoms with van der Waals surface area (Å²) in [5, 5.41) is 0. The molecule has 0 heterocycles. The van der Waals surface area contributed by atoms with E-state index in [2.05, 4.69) is 32.9 Å². The minimum absolute atomic E-state index is 0. The molecule has 0 bridgehead atoms. The van der Waals surface area contributed by atoms with Gasteiger partial charge < -0.3 is 0 Å². The Hall–Kier alpha value is 0.350. The Morgan fingerprint density at radius 1 is 1.46 bits per heavy atom. The summed E-state index contributed by atoms with van der Waals surface area (Å²) in [5.74, 6) is 0.791. The number of hydrogen-bond donors (Lipinski definition) is 0. The van der Waals surface area contributed by atoms with E-state index in [1.165, 1.54) is 24.8 Å². The predicted molar refractivity (Wildman–Crippen MR) is 53.8 cm³/mol. The molecule has 0 fully saturated rings. The summed E-state index contributed by atoms with van der Waals surface area (Å²) in [6.07, 6.45) is 10.6. The van der Waals surface area contributed by atoms with E-state index >= 15 is 0 Å². The largest absolute Gasteiger partial charge is 0.269 e. The molecule has 0 saturated heterocycles. The topological polar surface area (TPSA) is 0 Å². The van der Waals surface area contributed by atoms with E-state index in [1.54, 1.807) is 5.57 Å². The van der Waals surface area contributed by atoms with E-state index in [0.717, 1.165) is 12.3 Å². The van der Waals surface area contributed by atoms with Gasteiger partial charge >= 0.3 is 0 Å². The molecule has 0 saturated carbocycles. The molecule has 0 radical (unpaired) electrons. The Balaban J connectivity index is 0.00000144. The van der Waals surface area contributed by atoms with Crippen LogP contribution in [0.15, 0.2) is 17.2 Å². The molecule has 0 nitrogen and oxygen atoms in total. The van der Waals surface area contributed by atoms with E-state index in [4.69, 9.17) is 0 Å². The summed E-state index contributed by atoms with van der Waals surface area (Å²) < 4.78 is 0. The zero-order valence-electron chi connectivity index (χ0n) is 8.98. The maximum atomic E-state index is 3.44. The van der Waals surface area contributed by atoms with Crippen molar-refractivity contribution in [2.24, 2.45) is 5.92 Å². The van der Waals surface area contributed by atoms with Gasteiger partial charge in [-0.05, 0) is 12.3 Å². The van der Waals surface area contributed by atoms with Crippen LogP contribution in [0.4, 0.5) is 0 Å². The first kappa shape index (κ1) is 13.4. The number of hydrogen-bond acceptors (Lipinski definition) is 0. The maximum absolute atomic E-state index is 3.44. The maximum Gasteiger partial charge on any atom is 0 e. The van der Waals surface area contributed by atoms with Gasteiger partial charge in [-0.3, -0.25) is 6.08 Å². The zero-order valence-corrected chi connectivity index (χ0v) is 12.6. The Labute approximate surface area is 101 Å². The predicted octanol–water partition coefficient (Wildman–Crippen LogP) is 3.89. The Morgan fingerprint density at radius 3 is 2.69 bits per heavy atom. The smallest absolute Gasteiger partial charge is 0 e. The van der Waals surface area contributed by atoms with Gasteiger partial charge in [0.1, 0.15) is 0 Å². The van der Waals surface area contributed by atoms with Crippen molar-refractivity contribution in [3.63, 3.8) is 0 Å². The molecule has 1 aliphatic rings. The third-order valence-corrected chi connectivity index (χ3v) is 2.11. The van der Waals surface area contributed by atoms with Crippen LogP contribution in [0.3, 0.4) is 0 Å². The van der Waals surface area contributed by atoms with Gasteiger partial charge in [-0.2, -0.15) is 5.57 Å². The fraction of sp³-hybridized carbons (Fsp3) is 0.667. The molecule has 1 aliphatic carbocycles. The minimum atomic E-state index is 0. The molecule has 0 amide bonds. The minimum Gasteiger partial charge on any atom is -0.269 e. The Bertz CT molecular complexity index is 199. The number of rotatable bonds is 4. The average molecular weight is 342 g/mol. The van der Waals surface area contributed by atoms with E-state index in [-0.39, 0.29) is 25.8 Å². The Morgan fingerprint density at radius 2 is 2.15 bits per heavy atom. The van der Waals surface area contributed by atoms with Crippen LogP contribution >= 0.6 is 0 Å². The Kier molecular flexibility index (Phi) is 6.93. The van der Waals surface area contributed by atoms with Crippen molar-refractivity contribution in [2.45, 2.75) is 46.5 Å². The van der Waals surface area contributed by atoms with Gasteiger partial charge in [-0.15, -0.1) is 6.42 Å². The molecule has 1 heteroatoms. The fourth-order valence-corrected chi connectivity index (χ4v) is 1.66. The van der Waals surface area contributed by atoms with Crippen LogP contribution in [-0.2, 0) is 25.8 Å². The van der Waals surface area contributed by atoms with Crippen molar-refractivity contribution >= 4 is 0 Å². The zero-order chi connectivity index (χ0) is 8.97. The van der Waals surface area contributed by atoms with Crippen LogP contribution in [0, 0.1) is 12.0 Å². The third-order valence-electron chi connectivity index (χ3n) is 2.11. The van der Waals surface area contributed by atoms with E-state index in [9.17, 15) is 0 Å². The quantitative estimate of drug-likeness (QED) is 0.537. The van der Waals surface area contributed by atoms with Gasteiger partial charge in [-0.1, -0.05) is 33.6 Å². The monoisotopic (exact) mass is 343 g/mol. The van der Waals surface area contributed by atoms with Crippen molar-refractivity contribution in [3.05, 3.63) is 23.3 Å². The molecular weight excluding hydrogens is 323 g/mol. The molecule has 0 aromatic rings. The first-order valence-corrected chi connectivity index (χ1v) is 5.01. The van der Waals surface area contributed by atoms with Crippen LogP contribution in [0.2, 0.25) is 0 Å². The second-order valence-electron chi connectivity index (χ2n) is 4.03. The molecule has 0 unspecified atom stereocenters. The van der Waals surface area contributed by atoms with Crippen LogP contribution in [-0.4, -0.2) is 0 Å². The van der Waals surface area contributed by atoms with Gasteiger partial charge in [0.15, 0.2) is 0 Å². The van der Waals surface area contributed by atoms with E-state index < -0.39 is 0 Å². The summed E-state index contributed by atoms with van der Waals surface area (Å²) in [7, 11) is 0. The van der Waals surface area contributed by atoms with Crippen molar-refractivity contribution in [1.29, 1.82) is 0 Å². The van der Waals surface area contributed by atoms with Crippen LogP contribution in [0.1, 0.15) is 46.5 Å². The summed E-state index contributed by atoms with van der Waals surface area (Å²) in [6, 6.07) is 0. The van der Waals surface area contributed by atoms with Crippen LogP contribution < -0.4 is 0 Å². The van der Waals surface area contributed by atoms with Crippen molar-refractivity contribution in [3.8, 4) is 0 Å². The van der Waals surface area contributed by atoms with Crippen molar-refractivity contribution < 1.29 is 25.8 Å². The van der Waals surface area contributed by atoms with E-state index in [1.807, 2.05) is 0 Å². The van der Waals surface area contributed by atoms with Crippen LogP contribution in [0.25, 0.3) is 0 Å². The van der Waals surface area contributed by atoms with Gasteiger partial charge in [0.25, 0.3) is 0 Å². The van der Waals surface area contributed by atoms with Crippen molar-refractivity contribution in [2.75, 3.05) is 0 Å². The average Bonchev–Trinajstić information content (AvgIpc) is 2.36. The standard InChI is InChI=1S/C12H19.Hf/c1-4-5-11-6-7-12(9-11)8-10(2)3;/h9-10H,4-5,7-8H2,1-3H3;/q-1;. The molecule has 13 heavy (non-hydrogen) atoms. The van der Waals surface area contributed by atoms with Gasteiger partial charge in [0, 0.05) is 25.8 Å². The second kappa shape index (κ2) is 6.75. The molecular formula is C12H19Hf-. The third kappa shape index (κ3) is 4.95. The van der Waals surface area contributed by atoms with Gasteiger partial charge in [-0.25, -0.2) is 11.6 Å². The van der Waals surface area contributed by atoms with Crippen LogP contribution in [0.5, 0.6) is 0 Å². The molecule has 0 aliphatic heterocycles. The molecule has 0 spiro atoms. The summed E-state index contributed by atoms with van der Waals surface area (Å²) in [6.45, 7) is 6.78. The normalized spacial score (nSPS) is 15.4. The molecule has 0 N–H and O–H groups in total. The molecule has 72 valence electrons. The first-order chi connectivity index (χ1) is 5.72. The summed E-state index contributed by atoms with van der Waals surface area (Å²) >= 11 is 0. The van der Waals surface area contributed by atoms with Gasteiger partial charge in [0.2, 0.25) is 0 Å². The SMILES string of the molecule is CCCC1=[C-]CC(CC(C)C)=C1.[Hf]. The molecule has 0 atom stereocenters. The number of allylic oxidation sites excluding steroid dienone is 4. The molecule has 0 aromatic carbocycles. The van der Waals surface area contributed by atoms with Gasteiger partial charge in [0.05, 0.1) is 0 Å². The van der Waals surface area contributed by atoms with E-state index in [0.29, 0.717) is 0 Å². The summed E-state index contributed by atoms with van der Waals surface area (Å²) in [5.41, 5.74) is 3.02. The fourth-order valence-electron chi connectivity index (χ4n) is 1.66.